The van der Waals surface area contributed by atoms with Gasteiger partial charge in [-0.1, -0.05) is 31.2 Å². The Morgan fingerprint density at radius 1 is 0.955 bits per heavy atom. The molecule has 2 N–H and O–H groups in total. The van der Waals surface area contributed by atoms with E-state index in [2.05, 4.69) is 17.6 Å². The van der Waals surface area contributed by atoms with E-state index in [0.717, 1.165) is 23.4 Å². The molecule has 4 nitrogen and oxygen atoms in total. The summed E-state index contributed by atoms with van der Waals surface area (Å²) in [5, 5.41) is 5.66. The smallest absolute Gasteiger partial charge is 0.319 e. The molecule has 0 spiro atoms. The predicted octanol–water partition coefficient (Wildman–Crippen LogP) is 3.97. The van der Waals surface area contributed by atoms with Crippen LogP contribution in [0.4, 0.5) is 10.5 Å². The molecule has 0 aliphatic carbocycles. The fourth-order valence-electron chi connectivity index (χ4n) is 2.05. The number of aryl methyl sites for hydroxylation is 1. The van der Waals surface area contributed by atoms with Gasteiger partial charge in [0.2, 0.25) is 0 Å². The Labute approximate surface area is 131 Å². The van der Waals surface area contributed by atoms with E-state index >= 15 is 0 Å². The summed E-state index contributed by atoms with van der Waals surface area (Å²) in [6, 6.07) is 15.3. The first-order valence-corrected chi connectivity index (χ1v) is 7.56. The molecule has 0 saturated carbocycles. The third kappa shape index (κ3) is 4.81. The van der Waals surface area contributed by atoms with E-state index in [1.54, 1.807) is 0 Å². The molecule has 0 aromatic heterocycles. The molecular formula is C18H22N2O2. The number of carbonyl (C=O) groups is 1. The number of carbonyl (C=O) groups excluding carboxylic acids is 1. The molecule has 22 heavy (non-hydrogen) atoms. The summed E-state index contributed by atoms with van der Waals surface area (Å²) in [6.45, 7) is 5.18. The summed E-state index contributed by atoms with van der Waals surface area (Å²) < 4.78 is 5.38. The van der Waals surface area contributed by atoms with Gasteiger partial charge in [0.1, 0.15) is 5.75 Å². The van der Waals surface area contributed by atoms with Gasteiger partial charge in [0.15, 0.2) is 0 Å². The highest BCUT2D eigenvalue weighted by Crippen LogP contribution is 2.12. The van der Waals surface area contributed by atoms with Crippen molar-refractivity contribution >= 4 is 11.7 Å². The number of nitrogens with one attached hydrogen (secondary N) is 2. The molecule has 0 heterocycles. The van der Waals surface area contributed by atoms with Gasteiger partial charge < -0.3 is 15.4 Å². The first-order chi connectivity index (χ1) is 10.7. The lowest BCUT2D eigenvalue weighted by Gasteiger charge is -2.09. The van der Waals surface area contributed by atoms with Crippen molar-refractivity contribution in [2.75, 3.05) is 11.9 Å². The molecule has 0 bridgehead atoms. The van der Waals surface area contributed by atoms with Crippen molar-refractivity contribution < 1.29 is 9.53 Å². The van der Waals surface area contributed by atoms with E-state index in [1.807, 2.05) is 55.5 Å². The maximum Gasteiger partial charge on any atom is 0.319 e. The van der Waals surface area contributed by atoms with Gasteiger partial charge in [-0.3, -0.25) is 0 Å². The number of hydrogen-bond acceptors (Lipinski definition) is 2. The Hall–Kier alpha value is -2.49. The molecule has 0 radical (unpaired) electrons. The molecule has 2 amide bonds. The number of ether oxygens (including phenoxy) is 1. The maximum atomic E-state index is 11.9. The third-order valence-electron chi connectivity index (χ3n) is 3.31. The van der Waals surface area contributed by atoms with Crippen molar-refractivity contribution in [1.29, 1.82) is 0 Å². The number of rotatable bonds is 6. The van der Waals surface area contributed by atoms with Crippen molar-refractivity contribution in [3.8, 4) is 5.75 Å². The number of urea groups is 1. The second-order valence-electron chi connectivity index (χ2n) is 4.94. The Bertz CT molecular complexity index is 591. The van der Waals surface area contributed by atoms with E-state index in [-0.39, 0.29) is 6.03 Å². The highest BCUT2D eigenvalue weighted by atomic mass is 16.5. The topological polar surface area (TPSA) is 50.4 Å². The first kappa shape index (κ1) is 15.9. The summed E-state index contributed by atoms with van der Waals surface area (Å²) in [7, 11) is 0. The van der Waals surface area contributed by atoms with Crippen molar-refractivity contribution in [2.24, 2.45) is 0 Å². The second kappa shape index (κ2) is 8.08. The van der Waals surface area contributed by atoms with Gasteiger partial charge in [-0.2, -0.15) is 0 Å². The Morgan fingerprint density at radius 2 is 1.59 bits per heavy atom. The average molecular weight is 298 g/mol. The molecule has 0 unspecified atom stereocenters. The zero-order chi connectivity index (χ0) is 15.8. The molecule has 2 aromatic carbocycles. The van der Waals surface area contributed by atoms with Crippen molar-refractivity contribution in [1.82, 2.24) is 5.32 Å². The molecular weight excluding hydrogens is 276 g/mol. The van der Waals surface area contributed by atoms with E-state index in [0.29, 0.717) is 13.2 Å². The van der Waals surface area contributed by atoms with E-state index in [1.165, 1.54) is 5.56 Å². The highest BCUT2D eigenvalue weighted by molar-refractivity contribution is 5.89. The monoisotopic (exact) mass is 298 g/mol. The lowest BCUT2D eigenvalue weighted by atomic mass is 10.1. The van der Waals surface area contributed by atoms with Gasteiger partial charge in [0, 0.05) is 12.2 Å². The van der Waals surface area contributed by atoms with Crippen LogP contribution in [0.5, 0.6) is 5.75 Å². The third-order valence-corrected chi connectivity index (χ3v) is 3.31. The summed E-state index contributed by atoms with van der Waals surface area (Å²) >= 11 is 0. The second-order valence-corrected chi connectivity index (χ2v) is 4.94. The van der Waals surface area contributed by atoms with E-state index in [9.17, 15) is 4.79 Å². The van der Waals surface area contributed by atoms with Crippen LogP contribution in [0.3, 0.4) is 0 Å². The predicted molar refractivity (Wildman–Crippen MR) is 89.3 cm³/mol. The van der Waals surface area contributed by atoms with Crippen molar-refractivity contribution in [3.63, 3.8) is 0 Å². The maximum absolute atomic E-state index is 11.9. The van der Waals surface area contributed by atoms with Crippen LogP contribution < -0.4 is 15.4 Å². The minimum absolute atomic E-state index is 0.210. The number of hydrogen-bond donors (Lipinski definition) is 2. The SMILES string of the molecule is CCOc1ccc(CNC(=O)Nc2ccc(CC)cc2)cc1. The molecule has 116 valence electrons. The van der Waals surface area contributed by atoms with E-state index < -0.39 is 0 Å². The minimum Gasteiger partial charge on any atom is -0.494 e. The molecule has 0 atom stereocenters. The van der Waals surface area contributed by atoms with Crippen molar-refractivity contribution in [2.45, 2.75) is 26.8 Å². The van der Waals surface area contributed by atoms with Gasteiger partial charge in [-0.25, -0.2) is 4.79 Å². The van der Waals surface area contributed by atoms with Gasteiger partial charge in [0.25, 0.3) is 0 Å². The van der Waals surface area contributed by atoms with Crippen molar-refractivity contribution in [3.05, 3.63) is 59.7 Å². The molecule has 4 heteroatoms. The number of amides is 2. The fourth-order valence-corrected chi connectivity index (χ4v) is 2.05. The van der Waals surface area contributed by atoms with Crippen LogP contribution in [0.25, 0.3) is 0 Å². The summed E-state index contributed by atoms with van der Waals surface area (Å²) in [5.74, 6) is 0.840. The molecule has 0 saturated heterocycles. The van der Waals surface area contributed by atoms with Gasteiger partial charge in [-0.05, 0) is 48.7 Å². The number of anilines is 1. The summed E-state index contributed by atoms with van der Waals surface area (Å²) in [6.07, 6.45) is 0.990. The lowest BCUT2D eigenvalue weighted by Crippen LogP contribution is -2.28. The Kier molecular flexibility index (Phi) is 5.83. The molecule has 2 rings (SSSR count). The van der Waals surface area contributed by atoms with Crippen LogP contribution in [0.15, 0.2) is 48.5 Å². The van der Waals surface area contributed by atoms with Crippen LogP contribution in [-0.4, -0.2) is 12.6 Å². The standard InChI is InChI=1S/C18H22N2O2/c1-3-14-5-9-16(10-6-14)20-18(21)19-13-15-7-11-17(12-8-15)22-4-2/h5-12H,3-4,13H2,1-2H3,(H2,19,20,21). The average Bonchev–Trinajstić information content (AvgIpc) is 2.55. The quantitative estimate of drug-likeness (QED) is 0.848. The zero-order valence-corrected chi connectivity index (χ0v) is 13.1. The van der Waals surface area contributed by atoms with Crippen LogP contribution in [-0.2, 0) is 13.0 Å². The normalized spacial score (nSPS) is 10.1. The van der Waals surface area contributed by atoms with Crippen LogP contribution in [0.2, 0.25) is 0 Å². The molecule has 0 aliphatic rings. The van der Waals surface area contributed by atoms with Crippen LogP contribution in [0, 0.1) is 0 Å². The lowest BCUT2D eigenvalue weighted by molar-refractivity contribution is 0.251. The van der Waals surface area contributed by atoms with Crippen LogP contribution >= 0.6 is 0 Å². The van der Waals surface area contributed by atoms with Gasteiger partial charge in [0.05, 0.1) is 6.61 Å². The molecule has 0 fully saturated rings. The Balaban J connectivity index is 1.81. The van der Waals surface area contributed by atoms with Gasteiger partial charge in [-0.15, -0.1) is 0 Å². The summed E-state index contributed by atoms with van der Waals surface area (Å²) in [4.78, 5) is 11.9. The number of benzene rings is 2. The fraction of sp³-hybridized carbons (Fsp3) is 0.278. The zero-order valence-electron chi connectivity index (χ0n) is 13.1. The Morgan fingerprint density at radius 3 is 2.18 bits per heavy atom. The molecule has 2 aromatic rings. The summed E-state index contributed by atoms with van der Waals surface area (Å²) in [5.41, 5.74) is 3.07. The van der Waals surface area contributed by atoms with E-state index in [4.69, 9.17) is 4.74 Å². The largest absolute Gasteiger partial charge is 0.494 e. The van der Waals surface area contributed by atoms with Gasteiger partial charge >= 0.3 is 6.03 Å². The van der Waals surface area contributed by atoms with Crippen LogP contribution in [0.1, 0.15) is 25.0 Å². The highest BCUT2D eigenvalue weighted by Gasteiger charge is 2.02. The molecule has 0 aliphatic heterocycles. The first-order valence-electron chi connectivity index (χ1n) is 7.56. The minimum atomic E-state index is -0.210.